The van der Waals surface area contributed by atoms with Gasteiger partial charge in [-0.1, -0.05) is 30.2 Å². The third kappa shape index (κ3) is 4.16. The Balaban J connectivity index is 1.52. The second-order valence-electron chi connectivity index (χ2n) is 8.36. The minimum absolute atomic E-state index is 0.0671. The van der Waals surface area contributed by atoms with Crippen molar-refractivity contribution >= 4 is 34.3 Å². The van der Waals surface area contributed by atoms with Gasteiger partial charge in [0.1, 0.15) is 17.9 Å². The molecule has 176 valence electrons. The summed E-state index contributed by atoms with van der Waals surface area (Å²) in [6, 6.07) is 10.9. The van der Waals surface area contributed by atoms with Crippen LogP contribution in [0.1, 0.15) is 37.2 Å². The van der Waals surface area contributed by atoms with Crippen molar-refractivity contribution in [2.75, 3.05) is 17.6 Å². The number of terminal acetylenes is 1. The maximum Gasteiger partial charge on any atom is 0.256 e. The minimum atomic E-state index is -2.70. The van der Waals surface area contributed by atoms with Gasteiger partial charge >= 0.3 is 0 Å². The van der Waals surface area contributed by atoms with Crippen LogP contribution in [0.4, 0.5) is 17.5 Å². The number of aliphatic hydroxyl groups is 1. The fourth-order valence-corrected chi connectivity index (χ4v) is 4.39. The molecule has 2 heterocycles. The summed E-state index contributed by atoms with van der Waals surface area (Å²) in [5, 5.41) is 24.3. The molecule has 4 aromatic rings. The molecule has 5 rings (SSSR count). The first-order valence-corrected chi connectivity index (χ1v) is 11.0. The van der Waals surface area contributed by atoms with Crippen molar-refractivity contribution < 1.29 is 14.0 Å². The van der Waals surface area contributed by atoms with Gasteiger partial charge in [0, 0.05) is 34.8 Å². The fraction of sp³-hybridized carbons (Fsp3) is 0.231. The maximum absolute atomic E-state index is 12.8. The van der Waals surface area contributed by atoms with E-state index in [9.17, 15) is 9.90 Å². The largest absolute Gasteiger partial charge is 0.390 e. The van der Waals surface area contributed by atoms with E-state index in [1.807, 2.05) is 48.6 Å². The van der Waals surface area contributed by atoms with Crippen LogP contribution in [0.25, 0.3) is 10.9 Å². The molecule has 0 unspecified atom stereocenters. The van der Waals surface area contributed by atoms with Crippen LogP contribution in [0.3, 0.4) is 0 Å². The highest BCUT2D eigenvalue weighted by Crippen LogP contribution is 2.35. The lowest BCUT2D eigenvalue weighted by molar-refractivity contribution is 0.0962. The van der Waals surface area contributed by atoms with Gasteiger partial charge in [-0.2, -0.15) is 10.1 Å². The number of aromatic nitrogens is 4. The zero-order chi connectivity index (χ0) is 27.0. The summed E-state index contributed by atoms with van der Waals surface area (Å²) in [5.41, 5.74) is 4.22. The highest BCUT2D eigenvalue weighted by atomic mass is 16.3. The van der Waals surface area contributed by atoms with E-state index in [-0.39, 0.29) is 17.3 Å². The Morgan fingerprint density at radius 3 is 3.03 bits per heavy atom. The van der Waals surface area contributed by atoms with Gasteiger partial charge in [-0.25, -0.2) is 4.98 Å². The molecule has 1 amide bonds. The zero-order valence-corrected chi connectivity index (χ0v) is 18.9. The molecule has 0 fully saturated rings. The summed E-state index contributed by atoms with van der Waals surface area (Å²) in [5.74, 6) is 1.97. The van der Waals surface area contributed by atoms with Crippen molar-refractivity contribution in [3.05, 3.63) is 71.0 Å². The zero-order valence-electron chi connectivity index (χ0n) is 21.9. The highest BCUT2D eigenvalue weighted by Gasteiger charge is 2.32. The van der Waals surface area contributed by atoms with E-state index in [1.165, 1.54) is 6.20 Å². The molecular formula is C26H25N7O2. The van der Waals surface area contributed by atoms with Gasteiger partial charge in [0.25, 0.3) is 5.91 Å². The fourth-order valence-electron chi connectivity index (χ4n) is 4.39. The van der Waals surface area contributed by atoms with Crippen LogP contribution >= 0.6 is 0 Å². The van der Waals surface area contributed by atoms with Gasteiger partial charge in [-0.05, 0) is 35.7 Å². The number of aryl methyl sites for hydroxylation is 1. The normalized spacial score (nSPS) is 18.1. The number of amides is 1. The van der Waals surface area contributed by atoms with Crippen molar-refractivity contribution in [3.63, 3.8) is 0 Å². The van der Waals surface area contributed by atoms with Gasteiger partial charge in [0.2, 0.25) is 5.95 Å². The van der Waals surface area contributed by atoms with Gasteiger partial charge in [-0.15, -0.1) is 6.42 Å². The Labute approximate surface area is 206 Å². The molecule has 0 radical (unpaired) electrons. The van der Waals surface area contributed by atoms with Crippen LogP contribution in [0.15, 0.2) is 48.8 Å². The highest BCUT2D eigenvalue weighted by molar-refractivity contribution is 5.98. The molecule has 2 atom stereocenters. The number of carbonyl (C=O) groups excluding carboxylic acids is 1. The monoisotopic (exact) mass is 470 g/mol. The number of nitrogens with zero attached hydrogens (tertiary/aromatic N) is 4. The van der Waals surface area contributed by atoms with Crippen molar-refractivity contribution in [1.82, 2.24) is 25.1 Å². The van der Waals surface area contributed by atoms with Gasteiger partial charge < -0.3 is 21.1 Å². The smallest absolute Gasteiger partial charge is 0.256 e. The van der Waals surface area contributed by atoms with Crippen LogP contribution < -0.4 is 16.0 Å². The average Bonchev–Trinajstić information content (AvgIpc) is 3.38. The number of hydrogen-bond acceptors (Lipinski definition) is 7. The Kier molecular flexibility index (Phi) is 4.92. The third-order valence-corrected chi connectivity index (χ3v) is 6.12. The standard InChI is InChI=1S/C26H25N7O2/c1-4-9-33-21-12-20(15(2)10-17(21)13-29-33)30-26-28-14-19(25(35)27-3)24(32-26)31-23-18-8-6-5-7-16(18)11-22(23)34/h1,5-8,10,12-14,22-23,34H,9,11H2,2-3H3,(H,27,35)(H2,28,30,31,32)/t22-,23+/m1/s1/i3D3. The molecule has 9 nitrogen and oxygen atoms in total. The molecule has 9 heteroatoms. The maximum atomic E-state index is 12.8. The van der Waals surface area contributed by atoms with Crippen molar-refractivity contribution in [3.8, 4) is 12.3 Å². The van der Waals surface area contributed by atoms with E-state index >= 15 is 0 Å². The van der Waals surface area contributed by atoms with E-state index in [0.29, 0.717) is 18.7 Å². The predicted molar refractivity (Wildman–Crippen MR) is 135 cm³/mol. The second-order valence-corrected chi connectivity index (χ2v) is 8.36. The van der Waals surface area contributed by atoms with Crippen LogP contribution in [0.5, 0.6) is 0 Å². The molecule has 0 spiro atoms. The number of fused-ring (bicyclic) bond motifs is 2. The third-order valence-electron chi connectivity index (χ3n) is 6.12. The summed E-state index contributed by atoms with van der Waals surface area (Å²) in [4.78, 5) is 21.6. The van der Waals surface area contributed by atoms with Crippen molar-refractivity contribution in [2.45, 2.75) is 32.0 Å². The second kappa shape index (κ2) is 9.08. The summed E-state index contributed by atoms with van der Waals surface area (Å²) in [6.45, 7) is -0.461. The first kappa shape index (κ1) is 18.9. The molecule has 0 saturated carbocycles. The number of rotatable bonds is 6. The first-order chi connectivity index (χ1) is 18.1. The van der Waals surface area contributed by atoms with E-state index in [4.69, 9.17) is 10.5 Å². The molecule has 1 aliphatic rings. The number of nitrogens with one attached hydrogen (secondary N) is 3. The van der Waals surface area contributed by atoms with Crippen molar-refractivity contribution in [1.29, 1.82) is 0 Å². The number of anilines is 3. The SMILES string of the molecule is [2H]C([2H])([2H])NC(=O)c1cnc(Nc2cc3c(cnn3CC#C)cc2C)nc1N[C@H]1c2ccccc2C[C@H]1O. The van der Waals surface area contributed by atoms with Crippen molar-refractivity contribution in [2.24, 2.45) is 0 Å². The molecular weight excluding hydrogens is 442 g/mol. The lowest BCUT2D eigenvalue weighted by Crippen LogP contribution is -2.26. The van der Waals surface area contributed by atoms with Gasteiger partial charge in [0.15, 0.2) is 0 Å². The lowest BCUT2D eigenvalue weighted by atomic mass is 10.1. The van der Waals surface area contributed by atoms with E-state index in [2.05, 4.69) is 31.6 Å². The molecule has 35 heavy (non-hydrogen) atoms. The molecule has 0 bridgehead atoms. The van der Waals surface area contributed by atoms with E-state index in [1.54, 1.807) is 10.9 Å². The molecule has 4 N–H and O–H groups in total. The number of benzene rings is 2. The first-order valence-electron chi connectivity index (χ1n) is 12.5. The summed E-state index contributed by atoms with van der Waals surface area (Å²) in [7, 11) is 0. The van der Waals surface area contributed by atoms with Crippen LogP contribution in [-0.2, 0) is 13.0 Å². The molecule has 2 aromatic heterocycles. The lowest BCUT2D eigenvalue weighted by Gasteiger charge is -2.21. The Hall–Kier alpha value is -4.42. The quantitative estimate of drug-likeness (QED) is 0.320. The van der Waals surface area contributed by atoms with Crippen LogP contribution in [0, 0.1) is 19.3 Å². The number of carbonyl (C=O) groups is 1. The van der Waals surface area contributed by atoms with Crippen LogP contribution in [0.2, 0.25) is 0 Å². The Bertz CT molecular complexity index is 1580. The summed E-state index contributed by atoms with van der Waals surface area (Å²) >= 11 is 0. The molecule has 1 aliphatic carbocycles. The average molecular weight is 471 g/mol. The summed E-state index contributed by atoms with van der Waals surface area (Å²) < 4.78 is 24.0. The predicted octanol–water partition coefficient (Wildman–Crippen LogP) is 2.94. The molecule has 2 aromatic carbocycles. The number of aliphatic hydroxyl groups excluding tert-OH is 1. The van der Waals surface area contributed by atoms with Crippen LogP contribution in [-0.4, -0.2) is 43.8 Å². The molecule has 0 aliphatic heterocycles. The minimum Gasteiger partial charge on any atom is -0.390 e. The van der Waals surface area contributed by atoms with Gasteiger partial charge in [-0.3, -0.25) is 9.48 Å². The Morgan fingerprint density at radius 1 is 1.34 bits per heavy atom. The Morgan fingerprint density at radius 2 is 2.20 bits per heavy atom. The topological polar surface area (TPSA) is 117 Å². The van der Waals surface area contributed by atoms with E-state index in [0.717, 1.165) is 27.6 Å². The number of hydrogen-bond donors (Lipinski definition) is 4. The van der Waals surface area contributed by atoms with Gasteiger partial charge in [0.05, 0.1) is 23.9 Å². The summed E-state index contributed by atoms with van der Waals surface area (Å²) in [6.07, 6.45) is 8.13. The van der Waals surface area contributed by atoms with E-state index < -0.39 is 25.0 Å². The molecule has 0 saturated heterocycles.